The van der Waals surface area contributed by atoms with Crippen molar-refractivity contribution in [2.75, 3.05) is 5.73 Å². The first-order valence-electron chi connectivity index (χ1n) is 5.87. The molecule has 0 aliphatic carbocycles. The molecular weight excluding hydrogens is 267 g/mol. The summed E-state index contributed by atoms with van der Waals surface area (Å²) in [7, 11) is 0. The van der Waals surface area contributed by atoms with E-state index in [9.17, 15) is 13.2 Å². The Hall–Kier alpha value is -2.50. The van der Waals surface area contributed by atoms with Gasteiger partial charge in [-0.2, -0.15) is 0 Å². The number of aromatic nitrogens is 2. The van der Waals surface area contributed by atoms with Gasteiger partial charge in [0.25, 0.3) is 0 Å². The molecule has 3 nitrogen and oxygen atoms in total. The number of anilines is 1. The lowest BCUT2D eigenvalue weighted by atomic mass is 10.2. The van der Waals surface area contributed by atoms with Gasteiger partial charge in [0.15, 0.2) is 11.6 Å². The molecule has 3 aromatic rings. The number of imidazole rings is 1. The van der Waals surface area contributed by atoms with Crippen LogP contribution in [0.3, 0.4) is 0 Å². The van der Waals surface area contributed by atoms with Crippen LogP contribution in [0.1, 0.15) is 5.56 Å². The van der Waals surface area contributed by atoms with Gasteiger partial charge >= 0.3 is 0 Å². The van der Waals surface area contributed by atoms with E-state index in [1.54, 1.807) is 13.0 Å². The van der Waals surface area contributed by atoms with E-state index >= 15 is 0 Å². The van der Waals surface area contributed by atoms with Gasteiger partial charge in [-0.3, -0.25) is 4.57 Å². The van der Waals surface area contributed by atoms with Crippen molar-refractivity contribution >= 4 is 17.0 Å². The van der Waals surface area contributed by atoms with Gasteiger partial charge in [-0.25, -0.2) is 18.2 Å². The molecule has 0 amide bonds. The van der Waals surface area contributed by atoms with Crippen LogP contribution >= 0.6 is 0 Å². The zero-order valence-electron chi connectivity index (χ0n) is 10.5. The number of nitrogens with zero attached hydrogens (tertiary/aromatic N) is 2. The smallest absolute Gasteiger partial charge is 0.206 e. The Morgan fingerprint density at radius 2 is 1.75 bits per heavy atom. The second-order valence-corrected chi connectivity index (χ2v) is 4.49. The Morgan fingerprint density at radius 3 is 2.50 bits per heavy atom. The fourth-order valence-corrected chi connectivity index (χ4v) is 2.16. The maximum atomic E-state index is 14.0. The normalized spacial score (nSPS) is 11.2. The summed E-state index contributed by atoms with van der Waals surface area (Å²) >= 11 is 0. The monoisotopic (exact) mass is 277 g/mol. The van der Waals surface area contributed by atoms with E-state index in [-0.39, 0.29) is 22.7 Å². The molecule has 1 aromatic heterocycles. The van der Waals surface area contributed by atoms with Crippen molar-refractivity contribution in [1.29, 1.82) is 0 Å². The zero-order chi connectivity index (χ0) is 14.4. The molecule has 0 spiro atoms. The predicted molar refractivity (Wildman–Crippen MR) is 70.1 cm³/mol. The van der Waals surface area contributed by atoms with Gasteiger partial charge in [0, 0.05) is 0 Å². The molecule has 0 radical (unpaired) electrons. The van der Waals surface area contributed by atoms with Gasteiger partial charge in [-0.1, -0.05) is 6.07 Å². The first-order valence-corrected chi connectivity index (χ1v) is 5.87. The molecule has 0 unspecified atom stereocenters. The van der Waals surface area contributed by atoms with Gasteiger partial charge < -0.3 is 5.73 Å². The zero-order valence-corrected chi connectivity index (χ0v) is 10.5. The van der Waals surface area contributed by atoms with Gasteiger partial charge in [0.2, 0.25) is 5.95 Å². The van der Waals surface area contributed by atoms with E-state index in [1.165, 1.54) is 18.2 Å². The molecule has 0 saturated heterocycles. The largest absolute Gasteiger partial charge is 0.369 e. The van der Waals surface area contributed by atoms with Gasteiger partial charge in [-0.15, -0.1) is 0 Å². The van der Waals surface area contributed by atoms with Crippen molar-refractivity contribution in [1.82, 2.24) is 9.55 Å². The third-order valence-corrected chi connectivity index (χ3v) is 3.08. The van der Waals surface area contributed by atoms with Crippen molar-refractivity contribution in [3.8, 4) is 5.69 Å². The van der Waals surface area contributed by atoms with Crippen LogP contribution in [0.2, 0.25) is 0 Å². The molecule has 102 valence electrons. The van der Waals surface area contributed by atoms with Crippen molar-refractivity contribution in [2.45, 2.75) is 6.92 Å². The van der Waals surface area contributed by atoms with Crippen LogP contribution in [0.4, 0.5) is 19.1 Å². The van der Waals surface area contributed by atoms with E-state index in [1.807, 2.05) is 0 Å². The summed E-state index contributed by atoms with van der Waals surface area (Å²) in [6, 6.07) is 6.57. The van der Waals surface area contributed by atoms with Crippen molar-refractivity contribution < 1.29 is 13.2 Å². The molecule has 0 bridgehead atoms. The summed E-state index contributed by atoms with van der Waals surface area (Å²) in [6.45, 7) is 1.76. The maximum absolute atomic E-state index is 14.0. The lowest BCUT2D eigenvalue weighted by Gasteiger charge is -2.09. The van der Waals surface area contributed by atoms with Crippen LogP contribution in [0.25, 0.3) is 16.7 Å². The van der Waals surface area contributed by atoms with Crippen molar-refractivity contribution in [2.24, 2.45) is 0 Å². The van der Waals surface area contributed by atoms with Gasteiger partial charge in [0.05, 0.1) is 11.2 Å². The SMILES string of the molecule is Cc1ccc(F)c(-n2c(N)nc3ccc(F)c(F)c32)c1. The Bertz CT molecular complexity index is 824. The third kappa shape index (κ3) is 1.72. The first-order chi connectivity index (χ1) is 9.49. The lowest BCUT2D eigenvalue weighted by Crippen LogP contribution is -2.04. The molecule has 3 rings (SSSR count). The van der Waals surface area contributed by atoms with Crippen LogP contribution in [0, 0.1) is 24.4 Å². The molecule has 0 aliphatic heterocycles. The fraction of sp³-hybridized carbons (Fsp3) is 0.0714. The molecule has 2 aromatic carbocycles. The molecule has 0 atom stereocenters. The molecule has 0 saturated carbocycles. The van der Waals surface area contributed by atoms with E-state index in [0.29, 0.717) is 0 Å². The van der Waals surface area contributed by atoms with Crippen LogP contribution in [-0.4, -0.2) is 9.55 Å². The number of benzene rings is 2. The molecule has 6 heteroatoms. The second-order valence-electron chi connectivity index (χ2n) is 4.49. The second kappa shape index (κ2) is 4.26. The molecule has 20 heavy (non-hydrogen) atoms. The Morgan fingerprint density at radius 1 is 1.05 bits per heavy atom. The van der Waals surface area contributed by atoms with Gasteiger partial charge in [0.1, 0.15) is 11.3 Å². The number of rotatable bonds is 1. The van der Waals surface area contributed by atoms with Crippen LogP contribution in [0.5, 0.6) is 0 Å². The lowest BCUT2D eigenvalue weighted by molar-refractivity contribution is 0.514. The molecule has 0 aliphatic rings. The average molecular weight is 277 g/mol. The Labute approximate surface area is 112 Å². The number of hydrogen-bond acceptors (Lipinski definition) is 2. The average Bonchev–Trinajstić information content (AvgIpc) is 2.74. The summed E-state index contributed by atoms with van der Waals surface area (Å²) in [5.74, 6) is -2.83. The number of halogens is 3. The van der Waals surface area contributed by atoms with Crippen molar-refractivity contribution in [3.05, 3.63) is 53.3 Å². The Kier molecular flexibility index (Phi) is 2.67. The van der Waals surface area contributed by atoms with Crippen LogP contribution in [-0.2, 0) is 0 Å². The third-order valence-electron chi connectivity index (χ3n) is 3.08. The summed E-state index contributed by atoms with van der Waals surface area (Å²) in [6.07, 6.45) is 0. The molecule has 2 N–H and O–H groups in total. The highest BCUT2D eigenvalue weighted by Crippen LogP contribution is 2.28. The minimum atomic E-state index is -1.10. The summed E-state index contributed by atoms with van der Waals surface area (Å²) in [4.78, 5) is 3.93. The molecular formula is C14H10F3N3. The summed E-state index contributed by atoms with van der Waals surface area (Å²) in [5, 5.41) is 0. The highest BCUT2D eigenvalue weighted by atomic mass is 19.2. The minimum absolute atomic E-state index is 0.0366. The van der Waals surface area contributed by atoms with E-state index in [2.05, 4.69) is 4.98 Å². The first kappa shape index (κ1) is 12.5. The topological polar surface area (TPSA) is 43.8 Å². The minimum Gasteiger partial charge on any atom is -0.369 e. The van der Waals surface area contributed by atoms with E-state index < -0.39 is 17.5 Å². The van der Waals surface area contributed by atoms with Crippen LogP contribution < -0.4 is 5.73 Å². The fourth-order valence-electron chi connectivity index (χ4n) is 2.16. The number of nitrogens with two attached hydrogens (primary N) is 1. The summed E-state index contributed by atoms with van der Waals surface area (Å²) < 4.78 is 42.4. The Balaban J connectivity index is 2.44. The number of nitrogen functional groups attached to an aromatic ring is 1. The summed E-state index contributed by atoms with van der Waals surface area (Å²) in [5.41, 5.74) is 6.51. The number of hydrogen-bond donors (Lipinski definition) is 1. The maximum Gasteiger partial charge on any atom is 0.206 e. The molecule has 0 fully saturated rings. The standard InChI is InChI=1S/C14H10F3N3/c1-7-2-3-8(15)11(6-7)20-13-10(19-14(20)18)5-4-9(16)12(13)17/h2-6H,1H3,(H2,18,19). The number of aryl methyl sites for hydroxylation is 1. The highest BCUT2D eigenvalue weighted by molar-refractivity contribution is 5.81. The molecule has 1 heterocycles. The highest BCUT2D eigenvalue weighted by Gasteiger charge is 2.19. The van der Waals surface area contributed by atoms with Crippen molar-refractivity contribution in [3.63, 3.8) is 0 Å². The van der Waals surface area contributed by atoms with Crippen LogP contribution in [0.15, 0.2) is 30.3 Å². The predicted octanol–water partition coefficient (Wildman–Crippen LogP) is 3.33. The quantitative estimate of drug-likeness (QED) is 0.741. The van der Waals surface area contributed by atoms with Gasteiger partial charge in [-0.05, 0) is 36.8 Å². The number of fused-ring (bicyclic) bond motifs is 1. The van der Waals surface area contributed by atoms with E-state index in [0.717, 1.165) is 16.2 Å². The van der Waals surface area contributed by atoms with E-state index in [4.69, 9.17) is 5.73 Å².